The summed E-state index contributed by atoms with van der Waals surface area (Å²) >= 11 is 0. The average molecular weight is 462 g/mol. The van der Waals surface area contributed by atoms with Crippen LogP contribution in [0, 0.1) is 0 Å². The van der Waals surface area contributed by atoms with Crippen LogP contribution in [0.5, 0.6) is 5.75 Å². The molecule has 6 rings (SSSR count). The molecule has 2 aromatic carbocycles. The van der Waals surface area contributed by atoms with Gasteiger partial charge in [0.05, 0.1) is 44.7 Å². The Morgan fingerprint density at radius 1 is 1.03 bits per heavy atom. The predicted octanol–water partition coefficient (Wildman–Crippen LogP) is 2.31. The largest absolute Gasteiger partial charge is 0.496 e. The second-order valence-electron chi connectivity index (χ2n) is 8.95. The van der Waals surface area contributed by atoms with Crippen LogP contribution in [0.2, 0.25) is 0 Å². The highest BCUT2D eigenvalue weighted by atomic mass is 16.5. The van der Waals surface area contributed by atoms with Gasteiger partial charge < -0.3 is 14.8 Å². The SMILES string of the molecule is COc1ccccc1[C@H]1NC2=NCN(CCCN3CCOCC3)CN2c2nc3ccccc3n21. The van der Waals surface area contributed by atoms with Gasteiger partial charge in [0, 0.05) is 25.2 Å². The molecule has 9 nitrogen and oxygen atoms in total. The number of fused-ring (bicyclic) bond motifs is 5. The molecule has 3 aromatic rings. The number of rotatable bonds is 6. The van der Waals surface area contributed by atoms with Crippen LogP contribution >= 0.6 is 0 Å². The van der Waals surface area contributed by atoms with E-state index in [4.69, 9.17) is 19.5 Å². The highest BCUT2D eigenvalue weighted by Gasteiger charge is 2.36. The molecule has 1 fully saturated rings. The van der Waals surface area contributed by atoms with Gasteiger partial charge in [0.2, 0.25) is 11.9 Å². The minimum Gasteiger partial charge on any atom is -0.496 e. The molecular weight excluding hydrogens is 430 g/mol. The molecule has 0 spiro atoms. The van der Waals surface area contributed by atoms with Gasteiger partial charge in [-0.2, -0.15) is 0 Å². The lowest BCUT2D eigenvalue weighted by Gasteiger charge is -2.42. The van der Waals surface area contributed by atoms with Crippen molar-refractivity contribution >= 4 is 22.9 Å². The van der Waals surface area contributed by atoms with Crippen molar-refractivity contribution in [2.24, 2.45) is 4.99 Å². The first-order valence-corrected chi connectivity index (χ1v) is 12.0. The minimum atomic E-state index is -0.151. The highest BCUT2D eigenvalue weighted by Crippen LogP contribution is 2.36. The topological polar surface area (TPSA) is 70.4 Å². The molecule has 9 heteroatoms. The number of aliphatic imine (C=N–C) groups is 1. The third kappa shape index (κ3) is 3.89. The Morgan fingerprint density at radius 2 is 1.82 bits per heavy atom. The van der Waals surface area contributed by atoms with E-state index in [9.17, 15) is 0 Å². The standard InChI is InChI=1S/C25H31N7O2/c1-33-22-10-5-2-7-19(22)23-28-24-26-17-30(12-6-11-29-13-15-34-16-14-29)18-31(24)25-27-20-8-3-4-9-21(20)32(23)25/h2-5,7-10,23H,6,11-18H2,1H3,(H,26,28)/t23-/m0/s1. The number of aromatic nitrogens is 2. The molecule has 3 aliphatic heterocycles. The number of nitrogens with zero attached hydrogens (tertiary/aromatic N) is 6. The van der Waals surface area contributed by atoms with Crippen LogP contribution in [0.25, 0.3) is 11.0 Å². The zero-order chi connectivity index (χ0) is 22.9. The molecule has 1 atom stereocenters. The van der Waals surface area contributed by atoms with Crippen molar-refractivity contribution in [2.45, 2.75) is 12.6 Å². The third-order valence-electron chi connectivity index (χ3n) is 6.85. The Bertz CT molecular complexity index is 1190. The summed E-state index contributed by atoms with van der Waals surface area (Å²) in [6, 6.07) is 16.4. The van der Waals surface area contributed by atoms with E-state index in [1.165, 1.54) is 0 Å². The van der Waals surface area contributed by atoms with Crippen LogP contribution in [0.15, 0.2) is 53.5 Å². The Hall–Kier alpha value is -3.14. The molecule has 0 amide bonds. The van der Waals surface area contributed by atoms with Crippen LogP contribution in [0.4, 0.5) is 5.95 Å². The van der Waals surface area contributed by atoms with E-state index < -0.39 is 0 Å². The summed E-state index contributed by atoms with van der Waals surface area (Å²) in [5, 5.41) is 3.68. The summed E-state index contributed by atoms with van der Waals surface area (Å²) < 4.78 is 13.4. The quantitative estimate of drug-likeness (QED) is 0.604. The van der Waals surface area contributed by atoms with Crippen molar-refractivity contribution in [1.29, 1.82) is 0 Å². The first-order chi connectivity index (χ1) is 16.8. The molecule has 0 radical (unpaired) electrons. The van der Waals surface area contributed by atoms with Crippen molar-refractivity contribution in [2.75, 3.05) is 64.7 Å². The first kappa shape index (κ1) is 21.4. The molecule has 34 heavy (non-hydrogen) atoms. The number of ether oxygens (including phenoxy) is 2. The molecule has 1 saturated heterocycles. The number of methoxy groups -OCH3 is 1. The smallest absolute Gasteiger partial charge is 0.216 e. The zero-order valence-corrected chi connectivity index (χ0v) is 19.6. The summed E-state index contributed by atoms with van der Waals surface area (Å²) in [4.78, 5) is 17.0. The van der Waals surface area contributed by atoms with E-state index in [1.807, 2.05) is 24.3 Å². The van der Waals surface area contributed by atoms with Gasteiger partial charge in [-0.1, -0.05) is 30.3 Å². The van der Waals surface area contributed by atoms with Crippen molar-refractivity contribution in [3.8, 4) is 5.75 Å². The lowest BCUT2D eigenvalue weighted by Crippen LogP contribution is -2.57. The first-order valence-electron chi connectivity index (χ1n) is 12.0. The minimum absolute atomic E-state index is 0.151. The summed E-state index contributed by atoms with van der Waals surface area (Å²) in [5.41, 5.74) is 3.12. The molecular formula is C25H31N7O2. The van der Waals surface area contributed by atoms with Gasteiger partial charge in [0.25, 0.3) is 0 Å². The summed E-state index contributed by atoms with van der Waals surface area (Å²) in [6.07, 6.45) is 0.966. The van der Waals surface area contributed by atoms with Crippen LogP contribution in [0.3, 0.4) is 0 Å². The number of imidazole rings is 1. The fraction of sp³-hybridized carbons (Fsp3) is 0.440. The fourth-order valence-corrected chi connectivity index (χ4v) is 5.10. The molecule has 0 saturated carbocycles. The maximum Gasteiger partial charge on any atom is 0.216 e. The molecule has 3 aliphatic rings. The Morgan fingerprint density at radius 3 is 2.71 bits per heavy atom. The molecule has 0 bridgehead atoms. The van der Waals surface area contributed by atoms with E-state index in [0.717, 1.165) is 86.7 Å². The monoisotopic (exact) mass is 461 g/mol. The van der Waals surface area contributed by atoms with Gasteiger partial charge >= 0.3 is 0 Å². The normalized spacial score (nSPS) is 21.0. The van der Waals surface area contributed by atoms with Crippen molar-refractivity contribution < 1.29 is 9.47 Å². The fourth-order valence-electron chi connectivity index (χ4n) is 5.10. The third-order valence-corrected chi connectivity index (χ3v) is 6.85. The molecule has 178 valence electrons. The number of benzene rings is 2. The van der Waals surface area contributed by atoms with Crippen LogP contribution in [-0.2, 0) is 4.74 Å². The lowest BCUT2D eigenvalue weighted by molar-refractivity contribution is 0.0361. The number of anilines is 1. The number of morpholine rings is 1. The maximum absolute atomic E-state index is 5.70. The maximum atomic E-state index is 5.70. The molecule has 0 unspecified atom stereocenters. The molecule has 4 heterocycles. The van der Waals surface area contributed by atoms with Gasteiger partial charge in [-0.3, -0.25) is 19.3 Å². The molecule has 1 aromatic heterocycles. The van der Waals surface area contributed by atoms with Crippen molar-refractivity contribution in [3.05, 3.63) is 54.1 Å². The number of hydrogen-bond donors (Lipinski definition) is 1. The second-order valence-corrected chi connectivity index (χ2v) is 8.95. The summed E-state index contributed by atoms with van der Waals surface area (Å²) in [5.74, 6) is 2.62. The molecule has 0 aliphatic carbocycles. The van der Waals surface area contributed by atoms with E-state index in [2.05, 4.69) is 48.8 Å². The zero-order valence-electron chi connectivity index (χ0n) is 19.6. The lowest BCUT2D eigenvalue weighted by atomic mass is 10.1. The average Bonchev–Trinajstić information content (AvgIpc) is 3.29. The summed E-state index contributed by atoms with van der Waals surface area (Å²) in [6.45, 7) is 7.31. The van der Waals surface area contributed by atoms with Crippen LogP contribution < -0.4 is 15.0 Å². The highest BCUT2D eigenvalue weighted by molar-refractivity contribution is 5.99. The Balaban J connectivity index is 1.29. The van der Waals surface area contributed by atoms with E-state index >= 15 is 0 Å². The number of guanidine groups is 1. The van der Waals surface area contributed by atoms with Crippen molar-refractivity contribution in [1.82, 2.24) is 24.7 Å². The summed E-state index contributed by atoms with van der Waals surface area (Å²) in [7, 11) is 1.72. The van der Waals surface area contributed by atoms with Gasteiger partial charge in [0.1, 0.15) is 11.9 Å². The van der Waals surface area contributed by atoms with Gasteiger partial charge in [-0.05, 0) is 31.2 Å². The Labute approximate surface area is 199 Å². The van der Waals surface area contributed by atoms with Crippen LogP contribution in [0.1, 0.15) is 18.2 Å². The number of hydrogen-bond acceptors (Lipinski definition) is 8. The van der Waals surface area contributed by atoms with E-state index in [0.29, 0.717) is 6.67 Å². The van der Waals surface area contributed by atoms with Gasteiger partial charge in [0.15, 0.2) is 0 Å². The predicted molar refractivity (Wildman–Crippen MR) is 132 cm³/mol. The van der Waals surface area contributed by atoms with Gasteiger partial charge in [-0.25, -0.2) is 9.98 Å². The Kier molecular flexibility index (Phi) is 5.82. The molecule has 1 N–H and O–H groups in total. The number of nitrogens with one attached hydrogen (secondary N) is 1. The second kappa shape index (κ2) is 9.25. The number of para-hydroxylation sites is 3. The van der Waals surface area contributed by atoms with Crippen molar-refractivity contribution in [3.63, 3.8) is 0 Å². The van der Waals surface area contributed by atoms with E-state index in [-0.39, 0.29) is 6.17 Å². The van der Waals surface area contributed by atoms with Crippen LogP contribution in [-0.4, -0.2) is 85.2 Å². The van der Waals surface area contributed by atoms with E-state index in [1.54, 1.807) is 7.11 Å². The van der Waals surface area contributed by atoms with Gasteiger partial charge in [-0.15, -0.1) is 0 Å².